The van der Waals surface area contributed by atoms with Crippen LogP contribution in [0.3, 0.4) is 0 Å². The monoisotopic (exact) mass is 244 g/mol. The predicted octanol–water partition coefficient (Wildman–Crippen LogP) is 3.37. The molecule has 3 heteroatoms. The average Bonchev–Trinajstić information content (AvgIpc) is 2.32. The topological polar surface area (TPSA) is 38.0 Å². The molecule has 0 amide bonds. The molecule has 0 radical (unpaired) electrons. The first kappa shape index (κ1) is 12.4. The Morgan fingerprint density at radius 2 is 2.00 bits per heavy atom. The lowest BCUT2D eigenvalue weighted by molar-refractivity contribution is 0.625. The zero-order valence-corrected chi connectivity index (χ0v) is 10.4. The van der Waals surface area contributed by atoms with Gasteiger partial charge < -0.3 is 11.1 Å². The first-order chi connectivity index (χ1) is 8.65. The van der Waals surface area contributed by atoms with Crippen LogP contribution in [0.5, 0.6) is 0 Å². The van der Waals surface area contributed by atoms with Gasteiger partial charge in [-0.25, -0.2) is 4.39 Å². The van der Waals surface area contributed by atoms with Gasteiger partial charge in [0.05, 0.1) is 11.4 Å². The van der Waals surface area contributed by atoms with Crippen LogP contribution in [-0.4, -0.2) is 6.54 Å². The molecule has 2 aromatic rings. The Bertz CT molecular complexity index is 538. The highest BCUT2D eigenvalue weighted by Gasteiger charge is 1.99. The molecule has 3 N–H and O–H groups in total. The van der Waals surface area contributed by atoms with Crippen molar-refractivity contribution in [3.8, 4) is 0 Å². The predicted molar refractivity (Wildman–Crippen MR) is 74.2 cm³/mol. The number of nitrogens with one attached hydrogen (secondary N) is 1. The summed E-state index contributed by atoms with van der Waals surface area (Å²) in [5, 5.41) is 3.26. The van der Waals surface area contributed by atoms with Crippen molar-refractivity contribution in [1.82, 2.24) is 0 Å². The van der Waals surface area contributed by atoms with Gasteiger partial charge in [0.25, 0.3) is 0 Å². The highest BCUT2D eigenvalue weighted by molar-refractivity contribution is 5.66. The van der Waals surface area contributed by atoms with Gasteiger partial charge >= 0.3 is 0 Å². The number of hydrogen-bond acceptors (Lipinski definition) is 2. The number of benzene rings is 2. The van der Waals surface area contributed by atoms with Crippen LogP contribution >= 0.6 is 0 Å². The maximum absolute atomic E-state index is 13.0. The van der Waals surface area contributed by atoms with Crippen molar-refractivity contribution in [2.75, 3.05) is 17.6 Å². The van der Waals surface area contributed by atoms with Crippen LogP contribution in [0, 0.1) is 12.7 Å². The largest absolute Gasteiger partial charge is 0.397 e. The van der Waals surface area contributed by atoms with Crippen LogP contribution in [0.1, 0.15) is 11.1 Å². The van der Waals surface area contributed by atoms with Crippen LogP contribution in [0.25, 0.3) is 0 Å². The molecule has 0 atom stereocenters. The van der Waals surface area contributed by atoms with Crippen molar-refractivity contribution in [2.24, 2.45) is 0 Å². The van der Waals surface area contributed by atoms with E-state index in [1.54, 1.807) is 12.1 Å². The maximum atomic E-state index is 13.0. The van der Waals surface area contributed by atoms with E-state index in [-0.39, 0.29) is 5.82 Å². The van der Waals surface area contributed by atoms with E-state index in [0.29, 0.717) is 0 Å². The summed E-state index contributed by atoms with van der Waals surface area (Å²) in [5.41, 5.74) is 9.70. The fraction of sp³-hybridized carbons (Fsp3) is 0.200. The molecule has 0 fully saturated rings. The first-order valence-electron chi connectivity index (χ1n) is 5.99. The smallest absolute Gasteiger partial charge is 0.123 e. The molecule has 0 bridgehead atoms. The Kier molecular flexibility index (Phi) is 3.82. The van der Waals surface area contributed by atoms with Crippen molar-refractivity contribution in [3.63, 3.8) is 0 Å². The zero-order valence-electron chi connectivity index (χ0n) is 10.4. The Morgan fingerprint density at radius 3 is 2.72 bits per heavy atom. The lowest BCUT2D eigenvalue weighted by atomic mass is 10.1. The molecule has 0 unspecified atom stereocenters. The van der Waals surface area contributed by atoms with Gasteiger partial charge in [-0.05, 0) is 48.7 Å². The normalized spacial score (nSPS) is 10.3. The van der Waals surface area contributed by atoms with E-state index in [9.17, 15) is 4.39 Å². The summed E-state index contributed by atoms with van der Waals surface area (Å²) >= 11 is 0. The van der Waals surface area contributed by atoms with Gasteiger partial charge in [0.15, 0.2) is 0 Å². The van der Waals surface area contributed by atoms with Crippen LogP contribution < -0.4 is 11.1 Å². The molecule has 0 saturated carbocycles. The van der Waals surface area contributed by atoms with Crippen molar-refractivity contribution in [2.45, 2.75) is 13.3 Å². The molecular weight excluding hydrogens is 227 g/mol. The molecule has 0 aliphatic rings. The lowest BCUT2D eigenvalue weighted by Crippen LogP contribution is -2.07. The lowest BCUT2D eigenvalue weighted by Gasteiger charge is -2.10. The highest BCUT2D eigenvalue weighted by atomic mass is 19.1. The third-order valence-electron chi connectivity index (χ3n) is 2.83. The van der Waals surface area contributed by atoms with E-state index in [1.807, 2.05) is 31.2 Å². The first-order valence-corrected chi connectivity index (χ1v) is 5.99. The van der Waals surface area contributed by atoms with Gasteiger partial charge in [0.1, 0.15) is 5.82 Å². The molecule has 0 heterocycles. The third kappa shape index (κ3) is 3.23. The van der Waals surface area contributed by atoms with E-state index in [1.165, 1.54) is 6.07 Å². The molecule has 0 saturated heterocycles. The number of halogens is 1. The van der Waals surface area contributed by atoms with Gasteiger partial charge in [-0.15, -0.1) is 0 Å². The number of nitrogen functional groups attached to an aromatic ring is 1. The number of hydrogen-bond donors (Lipinski definition) is 2. The van der Waals surface area contributed by atoms with Crippen LogP contribution in [0.2, 0.25) is 0 Å². The summed E-state index contributed by atoms with van der Waals surface area (Å²) in [5.74, 6) is -0.192. The standard InChI is InChI=1S/C15H17FN2/c1-11-5-6-15(14(17)9-11)18-8-7-12-3-2-4-13(16)10-12/h2-6,9-10,18H,7-8,17H2,1H3. The summed E-state index contributed by atoms with van der Waals surface area (Å²) in [7, 11) is 0. The van der Waals surface area contributed by atoms with Crippen molar-refractivity contribution < 1.29 is 4.39 Å². The van der Waals surface area contributed by atoms with Crippen molar-refractivity contribution in [1.29, 1.82) is 0 Å². The molecule has 18 heavy (non-hydrogen) atoms. The van der Waals surface area contributed by atoms with Crippen molar-refractivity contribution >= 4 is 11.4 Å². The summed E-state index contributed by atoms with van der Waals surface area (Å²) in [6.07, 6.45) is 0.769. The molecule has 0 aromatic heterocycles. The zero-order chi connectivity index (χ0) is 13.0. The minimum atomic E-state index is -0.192. The number of rotatable bonds is 4. The molecular formula is C15H17FN2. The second-order valence-electron chi connectivity index (χ2n) is 4.40. The van der Waals surface area contributed by atoms with E-state index < -0.39 is 0 Å². The van der Waals surface area contributed by atoms with Gasteiger partial charge in [-0.2, -0.15) is 0 Å². The minimum Gasteiger partial charge on any atom is -0.397 e. The summed E-state index contributed by atoms with van der Waals surface area (Å²) in [4.78, 5) is 0. The van der Waals surface area contributed by atoms with Gasteiger partial charge in [-0.3, -0.25) is 0 Å². The van der Waals surface area contributed by atoms with Gasteiger partial charge in [-0.1, -0.05) is 18.2 Å². The quantitative estimate of drug-likeness (QED) is 0.809. The fourth-order valence-electron chi connectivity index (χ4n) is 1.88. The summed E-state index contributed by atoms with van der Waals surface area (Å²) in [6.45, 7) is 2.74. The van der Waals surface area contributed by atoms with Gasteiger partial charge in [0, 0.05) is 6.54 Å². The summed E-state index contributed by atoms with van der Waals surface area (Å²) < 4.78 is 13.0. The summed E-state index contributed by atoms with van der Waals surface area (Å²) in [6, 6.07) is 12.6. The molecule has 2 nitrogen and oxygen atoms in total. The molecule has 2 aromatic carbocycles. The molecule has 2 rings (SSSR count). The van der Waals surface area contributed by atoms with E-state index in [0.717, 1.165) is 35.5 Å². The third-order valence-corrected chi connectivity index (χ3v) is 2.83. The number of aryl methyl sites for hydroxylation is 1. The Balaban J connectivity index is 1.92. The van der Waals surface area contributed by atoms with Crippen LogP contribution in [0.15, 0.2) is 42.5 Å². The number of anilines is 2. The molecule has 0 spiro atoms. The van der Waals surface area contributed by atoms with E-state index in [4.69, 9.17) is 5.73 Å². The average molecular weight is 244 g/mol. The number of nitrogens with two attached hydrogens (primary N) is 1. The Morgan fingerprint density at radius 1 is 1.17 bits per heavy atom. The van der Waals surface area contributed by atoms with E-state index >= 15 is 0 Å². The van der Waals surface area contributed by atoms with Gasteiger partial charge in [0.2, 0.25) is 0 Å². The van der Waals surface area contributed by atoms with E-state index in [2.05, 4.69) is 5.32 Å². The fourth-order valence-corrected chi connectivity index (χ4v) is 1.88. The van der Waals surface area contributed by atoms with Crippen molar-refractivity contribution in [3.05, 3.63) is 59.4 Å². The molecule has 0 aliphatic heterocycles. The second kappa shape index (κ2) is 5.54. The highest BCUT2D eigenvalue weighted by Crippen LogP contribution is 2.19. The van der Waals surface area contributed by atoms with Crippen LogP contribution in [-0.2, 0) is 6.42 Å². The SMILES string of the molecule is Cc1ccc(NCCc2cccc(F)c2)c(N)c1. The Labute approximate surface area is 107 Å². The maximum Gasteiger partial charge on any atom is 0.123 e. The minimum absolute atomic E-state index is 0.192. The Hall–Kier alpha value is -2.03. The van der Waals surface area contributed by atoms with Crippen LogP contribution in [0.4, 0.5) is 15.8 Å². The second-order valence-corrected chi connectivity index (χ2v) is 4.40. The molecule has 0 aliphatic carbocycles. The molecule has 94 valence electrons.